The van der Waals surface area contributed by atoms with Gasteiger partial charge in [0, 0.05) is 17.8 Å². The summed E-state index contributed by atoms with van der Waals surface area (Å²) in [5.74, 6) is -0.144. The molecular weight excluding hydrogens is 324 g/mol. The van der Waals surface area contributed by atoms with Crippen molar-refractivity contribution in [1.82, 2.24) is 15.0 Å². The topological polar surface area (TPSA) is 130 Å². The molecule has 0 radical (unpaired) electrons. The van der Waals surface area contributed by atoms with Crippen molar-refractivity contribution in [3.05, 3.63) is 71.5 Å². The SMILES string of the molecule is Nc1nc(COC(=O)c2cc[n+]([O-])cc2)nc(Nc2ccccc2)n1. The van der Waals surface area contributed by atoms with Crippen LogP contribution in [-0.2, 0) is 11.3 Å². The highest BCUT2D eigenvalue weighted by Gasteiger charge is 2.11. The van der Waals surface area contributed by atoms with Crippen molar-refractivity contribution < 1.29 is 14.3 Å². The first-order valence-corrected chi connectivity index (χ1v) is 7.28. The van der Waals surface area contributed by atoms with Gasteiger partial charge in [-0.05, 0) is 12.1 Å². The summed E-state index contributed by atoms with van der Waals surface area (Å²) in [6.07, 6.45) is 2.42. The molecule has 0 amide bonds. The van der Waals surface area contributed by atoms with Crippen molar-refractivity contribution >= 4 is 23.6 Å². The zero-order chi connectivity index (χ0) is 17.6. The minimum atomic E-state index is -0.600. The summed E-state index contributed by atoms with van der Waals surface area (Å²) < 4.78 is 5.70. The lowest BCUT2D eigenvalue weighted by Crippen LogP contribution is -2.24. The summed E-state index contributed by atoms with van der Waals surface area (Å²) >= 11 is 0. The molecule has 3 aromatic rings. The molecule has 0 aliphatic heterocycles. The van der Waals surface area contributed by atoms with E-state index in [1.807, 2.05) is 30.3 Å². The fraction of sp³-hybridized carbons (Fsp3) is 0.0625. The number of esters is 1. The molecule has 9 nitrogen and oxygen atoms in total. The summed E-state index contributed by atoms with van der Waals surface area (Å²) in [6.45, 7) is -0.179. The summed E-state index contributed by atoms with van der Waals surface area (Å²) in [5.41, 5.74) is 6.70. The number of anilines is 3. The van der Waals surface area contributed by atoms with Gasteiger partial charge in [0.2, 0.25) is 11.9 Å². The Hall–Kier alpha value is -3.75. The van der Waals surface area contributed by atoms with Crippen LogP contribution in [0.15, 0.2) is 54.9 Å². The molecular formula is C16H14N6O3. The van der Waals surface area contributed by atoms with E-state index in [0.29, 0.717) is 4.73 Å². The van der Waals surface area contributed by atoms with E-state index in [9.17, 15) is 10.0 Å². The van der Waals surface area contributed by atoms with Gasteiger partial charge in [-0.2, -0.15) is 19.7 Å². The first-order chi connectivity index (χ1) is 12.1. The quantitative estimate of drug-likeness (QED) is 0.403. The Morgan fingerprint density at radius 1 is 1.12 bits per heavy atom. The molecule has 0 atom stereocenters. The smallest absolute Gasteiger partial charge is 0.339 e. The standard InChI is InChI=1S/C16H14N6O3/c17-15-19-13(10-25-14(23)11-6-8-22(24)9-7-11)20-16(21-15)18-12-4-2-1-3-5-12/h1-9H,10H2,(H3,17,18,19,20,21). The molecule has 2 heterocycles. The lowest BCUT2D eigenvalue weighted by Gasteiger charge is -2.08. The number of nitrogens with zero attached hydrogens (tertiary/aromatic N) is 4. The lowest BCUT2D eigenvalue weighted by molar-refractivity contribution is -0.605. The lowest BCUT2D eigenvalue weighted by atomic mass is 10.3. The van der Waals surface area contributed by atoms with Crippen LogP contribution in [0.5, 0.6) is 0 Å². The molecule has 3 rings (SSSR count). The number of aromatic nitrogens is 4. The second-order valence-electron chi connectivity index (χ2n) is 4.95. The van der Waals surface area contributed by atoms with E-state index in [2.05, 4.69) is 20.3 Å². The van der Waals surface area contributed by atoms with Crippen molar-refractivity contribution in [1.29, 1.82) is 0 Å². The molecule has 0 aliphatic carbocycles. The monoisotopic (exact) mass is 338 g/mol. The van der Waals surface area contributed by atoms with E-state index in [-0.39, 0.29) is 29.9 Å². The average molecular weight is 338 g/mol. The fourth-order valence-corrected chi connectivity index (χ4v) is 1.97. The predicted octanol–water partition coefficient (Wildman–Crippen LogP) is 1.19. The number of pyridine rings is 1. The third-order valence-electron chi connectivity index (χ3n) is 3.10. The molecule has 9 heteroatoms. The fourth-order valence-electron chi connectivity index (χ4n) is 1.97. The van der Waals surface area contributed by atoms with E-state index in [1.54, 1.807) is 0 Å². The highest BCUT2D eigenvalue weighted by molar-refractivity contribution is 5.88. The van der Waals surface area contributed by atoms with Gasteiger partial charge in [0.25, 0.3) is 0 Å². The maximum Gasteiger partial charge on any atom is 0.339 e. The molecule has 0 bridgehead atoms. The van der Waals surface area contributed by atoms with Crippen LogP contribution in [0.1, 0.15) is 16.2 Å². The highest BCUT2D eigenvalue weighted by atomic mass is 16.5. The Kier molecular flexibility index (Phi) is 4.65. The molecule has 0 saturated heterocycles. The normalized spacial score (nSPS) is 10.2. The minimum absolute atomic E-state index is 0.00610. The Balaban J connectivity index is 1.68. The van der Waals surface area contributed by atoms with E-state index < -0.39 is 5.97 Å². The second kappa shape index (κ2) is 7.21. The zero-order valence-corrected chi connectivity index (χ0v) is 13.0. The highest BCUT2D eigenvalue weighted by Crippen LogP contribution is 2.13. The number of nitrogens with two attached hydrogens (primary N) is 1. The van der Waals surface area contributed by atoms with Gasteiger partial charge in [-0.15, -0.1) is 0 Å². The summed E-state index contributed by atoms with van der Waals surface area (Å²) in [7, 11) is 0. The minimum Gasteiger partial charge on any atom is -0.619 e. The number of hydrogen-bond donors (Lipinski definition) is 2. The van der Waals surface area contributed by atoms with Crippen molar-refractivity contribution in [2.24, 2.45) is 0 Å². The molecule has 0 saturated carbocycles. The van der Waals surface area contributed by atoms with E-state index >= 15 is 0 Å². The number of para-hydroxylation sites is 1. The van der Waals surface area contributed by atoms with Crippen LogP contribution >= 0.6 is 0 Å². The number of nitrogens with one attached hydrogen (secondary N) is 1. The van der Waals surface area contributed by atoms with Gasteiger partial charge < -0.3 is 21.0 Å². The van der Waals surface area contributed by atoms with Crippen molar-refractivity contribution in [2.45, 2.75) is 6.61 Å². The molecule has 25 heavy (non-hydrogen) atoms. The largest absolute Gasteiger partial charge is 0.619 e. The molecule has 0 fully saturated rings. The molecule has 126 valence electrons. The second-order valence-corrected chi connectivity index (χ2v) is 4.95. The molecule has 1 aromatic carbocycles. The van der Waals surface area contributed by atoms with E-state index in [4.69, 9.17) is 10.5 Å². The Morgan fingerprint density at radius 3 is 2.56 bits per heavy atom. The predicted molar refractivity (Wildman–Crippen MR) is 88.5 cm³/mol. The summed E-state index contributed by atoms with van der Waals surface area (Å²) in [4.78, 5) is 24.0. The first kappa shape index (κ1) is 16.1. The maximum absolute atomic E-state index is 11.9. The third-order valence-corrected chi connectivity index (χ3v) is 3.10. The van der Waals surface area contributed by atoms with Gasteiger partial charge in [-0.25, -0.2) is 4.79 Å². The third kappa shape index (κ3) is 4.38. The maximum atomic E-state index is 11.9. The molecule has 0 spiro atoms. The first-order valence-electron chi connectivity index (χ1n) is 7.28. The summed E-state index contributed by atoms with van der Waals surface area (Å²) in [6, 6.07) is 12.0. The molecule has 3 N–H and O–H groups in total. The summed E-state index contributed by atoms with van der Waals surface area (Å²) in [5, 5.41) is 14.0. The van der Waals surface area contributed by atoms with Gasteiger partial charge in [-0.1, -0.05) is 18.2 Å². The van der Waals surface area contributed by atoms with Crippen LogP contribution in [0.3, 0.4) is 0 Å². The van der Waals surface area contributed by atoms with Crippen molar-refractivity contribution in [2.75, 3.05) is 11.1 Å². The van der Waals surface area contributed by atoms with Gasteiger partial charge in [0.05, 0.1) is 5.56 Å². The van der Waals surface area contributed by atoms with Crippen LogP contribution in [0.2, 0.25) is 0 Å². The number of ether oxygens (including phenoxy) is 1. The number of carbonyl (C=O) groups excluding carboxylic acids is 1. The van der Waals surface area contributed by atoms with Crippen LogP contribution in [-0.4, -0.2) is 20.9 Å². The molecule has 0 unspecified atom stereocenters. The van der Waals surface area contributed by atoms with E-state index in [1.165, 1.54) is 24.5 Å². The van der Waals surface area contributed by atoms with Crippen molar-refractivity contribution in [3.63, 3.8) is 0 Å². The van der Waals surface area contributed by atoms with Gasteiger partial charge in [0.1, 0.15) is 0 Å². The number of benzene rings is 1. The van der Waals surface area contributed by atoms with E-state index in [0.717, 1.165) is 5.69 Å². The van der Waals surface area contributed by atoms with Gasteiger partial charge in [-0.3, -0.25) is 0 Å². The zero-order valence-electron chi connectivity index (χ0n) is 13.0. The molecule has 0 aliphatic rings. The van der Waals surface area contributed by atoms with Crippen LogP contribution in [0.25, 0.3) is 0 Å². The van der Waals surface area contributed by atoms with Gasteiger partial charge >= 0.3 is 5.97 Å². The number of carbonyl (C=O) groups is 1. The number of nitrogen functional groups attached to an aromatic ring is 1. The van der Waals surface area contributed by atoms with Gasteiger partial charge in [0.15, 0.2) is 24.8 Å². The Bertz CT molecular complexity index is 871. The average Bonchev–Trinajstić information content (AvgIpc) is 2.61. The Labute approximate surface area is 142 Å². The number of rotatable bonds is 5. The number of hydrogen-bond acceptors (Lipinski definition) is 8. The van der Waals surface area contributed by atoms with Crippen LogP contribution in [0, 0.1) is 5.21 Å². The molecule has 2 aromatic heterocycles. The van der Waals surface area contributed by atoms with Crippen molar-refractivity contribution in [3.8, 4) is 0 Å². The van der Waals surface area contributed by atoms with Crippen LogP contribution < -0.4 is 15.8 Å². The Morgan fingerprint density at radius 2 is 1.84 bits per heavy atom. The van der Waals surface area contributed by atoms with Crippen LogP contribution in [0.4, 0.5) is 17.6 Å².